The maximum atomic E-state index is 13.1. The number of nitrogen functional groups attached to an aromatic ring is 1. The van der Waals surface area contributed by atoms with E-state index >= 15 is 0 Å². The van der Waals surface area contributed by atoms with Crippen molar-refractivity contribution in [3.8, 4) is 11.1 Å². The molecule has 0 aliphatic rings. The predicted octanol–water partition coefficient (Wildman–Crippen LogP) is 5.03. The monoisotopic (exact) mass is 477 g/mol. The smallest absolute Gasteiger partial charge is 0.227 e. The minimum Gasteiger partial charge on any atom is -0.384 e. The van der Waals surface area contributed by atoms with Gasteiger partial charge in [-0.1, -0.05) is 68.3 Å². The van der Waals surface area contributed by atoms with Gasteiger partial charge in [-0.3, -0.25) is 10.2 Å². The second-order valence-corrected chi connectivity index (χ2v) is 10.5. The van der Waals surface area contributed by atoms with E-state index in [1.165, 1.54) is 6.26 Å². The van der Waals surface area contributed by atoms with Crippen LogP contribution in [0.15, 0.2) is 77.7 Å². The summed E-state index contributed by atoms with van der Waals surface area (Å²) in [5, 5.41) is 10.7. The maximum Gasteiger partial charge on any atom is 0.227 e. The number of sulfone groups is 1. The summed E-state index contributed by atoms with van der Waals surface area (Å²) >= 11 is 0. The Morgan fingerprint density at radius 1 is 1.03 bits per heavy atom. The van der Waals surface area contributed by atoms with Gasteiger partial charge in [0.15, 0.2) is 9.84 Å². The number of carbonyl (C=O) groups excluding carboxylic acids is 1. The molecule has 4 N–H and O–H groups in total. The van der Waals surface area contributed by atoms with Gasteiger partial charge < -0.3 is 11.1 Å². The summed E-state index contributed by atoms with van der Waals surface area (Å²) in [6, 6.07) is 21.6. The van der Waals surface area contributed by atoms with Crippen molar-refractivity contribution in [2.24, 2.45) is 11.7 Å². The molecule has 34 heavy (non-hydrogen) atoms. The number of unbranched alkanes of at least 4 members (excludes halogenated alkanes) is 1. The van der Waals surface area contributed by atoms with Gasteiger partial charge in [-0.05, 0) is 48.2 Å². The Morgan fingerprint density at radius 3 is 2.38 bits per heavy atom. The molecular weight excluding hydrogens is 446 g/mol. The Labute approximate surface area is 201 Å². The van der Waals surface area contributed by atoms with E-state index in [1.54, 1.807) is 42.5 Å². The summed E-state index contributed by atoms with van der Waals surface area (Å²) in [5.41, 5.74) is 9.29. The van der Waals surface area contributed by atoms with Crippen LogP contribution in [0.4, 0.5) is 5.69 Å². The summed E-state index contributed by atoms with van der Waals surface area (Å²) in [7, 11) is -3.36. The Morgan fingerprint density at radius 2 is 1.74 bits per heavy atom. The molecule has 7 heteroatoms. The number of rotatable bonds is 10. The number of hydrogen-bond donors (Lipinski definition) is 3. The standard InChI is InChI=1S/C27H31N3O3S/c1-3-4-9-22(18-19-8-7-10-21(17-19)26(28)29)27(31)30-23-15-13-20(14-16-23)24-11-5-6-12-25(24)34(2,32)33/h5-8,10-17,22H,3-4,9,18H2,1-2H3,(H3,28,29)(H,30,31). The number of hydrogen-bond acceptors (Lipinski definition) is 4. The fraction of sp³-hybridized carbons (Fsp3) is 0.259. The molecule has 1 amide bonds. The van der Waals surface area contributed by atoms with Gasteiger partial charge in [0, 0.05) is 29.0 Å². The Balaban J connectivity index is 1.77. The fourth-order valence-corrected chi connectivity index (χ4v) is 4.84. The summed E-state index contributed by atoms with van der Waals surface area (Å²) in [6.45, 7) is 2.10. The van der Waals surface area contributed by atoms with Crippen LogP contribution in [0.25, 0.3) is 11.1 Å². The van der Waals surface area contributed by atoms with Crippen LogP contribution >= 0.6 is 0 Å². The molecule has 0 saturated carbocycles. The molecule has 3 aromatic carbocycles. The van der Waals surface area contributed by atoms with Crippen molar-refractivity contribution in [2.75, 3.05) is 11.6 Å². The molecule has 3 rings (SSSR count). The maximum absolute atomic E-state index is 13.1. The molecule has 0 aliphatic heterocycles. The largest absolute Gasteiger partial charge is 0.384 e. The van der Waals surface area contributed by atoms with Crippen LogP contribution < -0.4 is 11.1 Å². The zero-order valence-electron chi connectivity index (χ0n) is 19.5. The number of amidine groups is 1. The zero-order valence-corrected chi connectivity index (χ0v) is 20.4. The van der Waals surface area contributed by atoms with Crippen molar-refractivity contribution >= 4 is 27.3 Å². The van der Waals surface area contributed by atoms with Gasteiger partial charge in [0.1, 0.15) is 5.84 Å². The topological polar surface area (TPSA) is 113 Å². The summed E-state index contributed by atoms with van der Waals surface area (Å²) in [6.07, 6.45) is 4.44. The average Bonchev–Trinajstić information content (AvgIpc) is 2.82. The molecule has 0 aliphatic carbocycles. The minimum absolute atomic E-state index is 0.00828. The van der Waals surface area contributed by atoms with E-state index < -0.39 is 9.84 Å². The van der Waals surface area contributed by atoms with E-state index in [4.69, 9.17) is 11.1 Å². The van der Waals surface area contributed by atoms with Crippen LogP contribution in [-0.2, 0) is 21.1 Å². The molecule has 0 aromatic heterocycles. The van der Waals surface area contributed by atoms with E-state index in [1.807, 2.05) is 30.3 Å². The van der Waals surface area contributed by atoms with Crippen molar-refractivity contribution in [1.82, 2.24) is 0 Å². The van der Waals surface area contributed by atoms with Gasteiger partial charge in [-0.25, -0.2) is 8.42 Å². The predicted molar refractivity (Wildman–Crippen MR) is 138 cm³/mol. The molecule has 0 heterocycles. The van der Waals surface area contributed by atoms with E-state index in [-0.39, 0.29) is 22.6 Å². The van der Waals surface area contributed by atoms with Crippen LogP contribution in [0.1, 0.15) is 37.3 Å². The Hall–Kier alpha value is -3.45. The molecule has 0 radical (unpaired) electrons. The number of carbonyl (C=O) groups is 1. The number of anilines is 1. The first-order valence-electron chi connectivity index (χ1n) is 11.3. The van der Waals surface area contributed by atoms with Crippen LogP contribution in [-0.4, -0.2) is 26.4 Å². The quantitative estimate of drug-likeness (QED) is 0.281. The van der Waals surface area contributed by atoms with Crippen molar-refractivity contribution in [1.29, 1.82) is 5.41 Å². The van der Waals surface area contributed by atoms with E-state index in [0.29, 0.717) is 23.2 Å². The molecule has 178 valence electrons. The van der Waals surface area contributed by atoms with Crippen LogP contribution in [0.2, 0.25) is 0 Å². The normalized spacial score (nSPS) is 12.2. The first-order chi connectivity index (χ1) is 16.2. The molecule has 6 nitrogen and oxygen atoms in total. The highest BCUT2D eigenvalue weighted by molar-refractivity contribution is 7.90. The Kier molecular flexibility index (Phi) is 8.23. The first kappa shape index (κ1) is 25.2. The lowest BCUT2D eigenvalue weighted by Gasteiger charge is -2.17. The molecule has 1 atom stereocenters. The minimum atomic E-state index is -3.36. The third-order valence-electron chi connectivity index (χ3n) is 5.75. The molecule has 0 fully saturated rings. The van der Waals surface area contributed by atoms with Crippen molar-refractivity contribution in [3.05, 3.63) is 83.9 Å². The van der Waals surface area contributed by atoms with Crippen LogP contribution in [0, 0.1) is 11.3 Å². The highest BCUT2D eigenvalue weighted by atomic mass is 32.2. The summed E-state index contributed by atoms with van der Waals surface area (Å²) in [4.78, 5) is 13.4. The van der Waals surface area contributed by atoms with Gasteiger partial charge in [0.25, 0.3) is 0 Å². The molecular formula is C27H31N3O3S. The van der Waals surface area contributed by atoms with Gasteiger partial charge >= 0.3 is 0 Å². The van der Waals surface area contributed by atoms with Gasteiger partial charge in [0.05, 0.1) is 4.90 Å². The van der Waals surface area contributed by atoms with E-state index in [9.17, 15) is 13.2 Å². The van der Waals surface area contributed by atoms with Crippen molar-refractivity contribution in [2.45, 2.75) is 37.5 Å². The number of amides is 1. The number of nitrogens with two attached hydrogens (primary N) is 1. The third kappa shape index (κ3) is 6.54. The van der Waals surface area contributed by atoms with Gasteiger partial charge in [-0.15, -0.1) is 0 Å². The molecule has 0 spiro atoms. The lowest BCUT2D eigenvalue weighted by atomic mass is 9.92. The average molecular weight is 478 g/mol. The Bertz CT molecular complexity index is 1270. The highest BCUT2D eigenvalue weighted by Crippen LogP contribution is 2.28. The van der Waals surface area contributed by atoms with E-state index in [2.05, 4.69) is 12.2 Å². The zero-order chi connectivity index (χ0) is 24.7. The van der Waals surface area contributed by atoms with Crippen LogP contribution in [0.3, 0.4) is 0 Å². The third-order valence-corrected chi connectivity index (χ3v) is 6.90. The van der Waals surface area contributed by atoms with Gasteiger partial charge in [0.2, 0.25) is 5.91 Å². The number of benzene rings is 3. The second-order valence-electron chi connectivity index (χ2n) is 8.49. The lowest BCUT2D eigenvalue weighted by molar-refractivity contribution is -0.120. The molecule has 3 aromatic rings. The number of nitrogens with one attached hydrogen (secondary N) is 2. The van der Waals surface area contributed by atoms with E-state index in [0.717, 1.165) is 30.4 Å². The lowest BCUT2D eigenvalue weighted by Crippen LogP contribution is -2.25. The molecule has 0 bridgehead atoms. The second kappa shape index (κ2) is 11.1. The van der Waals surface area contributed by atoms with Crippen molar-refractivity contribution < 1.29 is 13.2 Å². The highest BCUT2D eigenvalue weighted by Gasteiger charge is 2.20. The molecule has 0 saturated heterocycles. The first-order valence-corrected chi connectivity index (χ1v) is 13.2. The van der Waals surface area contributed by atoms with Gasteiger partial charge in [-0.2, -0.15) is 0 Å². The molecule has 1 unspecified atom stereocenters. The van der Waals surface area contributed by atoms with Crippen LogP contribution in [0.5, 0.6) is 0 Å². The summed E-state index contributed by atoms with van der Waals surface area (Å²) < 4.78 is 24.3. The SMILES string of the molecule is CCCCC(Cc1cccc(C(=N)N)c1)C(=O)Nc1ccc(-c2ccccc2S(C)(=O)=O)cc1. The summed E-state index contributed by atoms with van der Waals surface area (Å²) in [5.74, 6) is -0.271. The van der Waals surface area contributed by atoms with Crippen molar-refractivity contribution in [3.63, 3.8) is 0 Å². The fourth-order valence-electron chi connectivity index (χ4n) is 3.93.